The Kier molecular flexibility index (Phi) is 6.12. The molecule has 3 N–H and O–H groups in total. The molecule has 1 fully saturated rings. The lowest BCUT2D eigenvalue weighted by Gasteiger charge is -2.16. The Morgan fingerprint density at radius 1 is 1.07 bits per heavy atom. The molecular weight excluding hydrogens is 338 g/mol. The maximum absolute atomic E-state index is 12.3. The van der Waals surface area contributed by atoms with Crippen LogP contribution in [0.3, 0.4) is 0 Å². The fraction of sp³-hybridized carbons (Fsp3) is 0.364. The summed E-state index contributed by atoms with van der Waals surface area (Å²) in [7, 11) is 0. The van der Waals surface area contributed by atoms with E-state index in [9.17, 15) is 9.59 Å². The van der Waals surface area contributed by atoms with E-state index in [-0.39, 0.29) is 23.9 Å². The van der Waals surface area contributed by atoms with E-state index in [0.717, 1.165) is 31.2 Å². The first-order valence-corrected chi connectivity index (χ1v) is 9.54. The Labute approximate surface area is 160 Å². The standard InChI is InChI=1S/C22H27N3O2/c1-15-8-13-19(24-21(26)18-11-12-18)14-20(15)25-22(27)23-16(2)9-10-17-6-4-3-5-7-17/h3-8,13-14,16,18H,9-12H2,1-2H3,(H,24,26)(H2,23,25,27). The zero-order chi connectivity index (χ0) is 19.2. The fourth-order valence-corrected chi connectivity index (χ4v) is 2.91. The zero-order valence-corrected chi connectivity index (χ0v) is 15.9. The van der Waals surface area contributed by atoms with E-state index in [1.807, 2.05) is 50.2 Å². The van der Waals surface area contributed by atoms with Crippen LogP contribution in [0.1, 0.15) is 37.3 Å². The molecule has 0 aliphatic heterocycles. The highest BCUT2D eigenvalue weighted by Gasteiger charge is 2.29. The van der Waals surface area contributed by atoms with Crippen molar-refractivity contribution in [3.05, 3.63) is 59.7 Å². The summed E-state index contributed by atoms with van der Waals surface area (Å²) in [6.07, 6.45) is 3.72. The minimum Gasteiger partial charge on any atom is -0.335 e. The first-order valence-electron chi connectivity index (χ1n) is 9.54. The van der Waals surface area contributed by atoms with E-state index in [1.165, 1.54) is 5.56 Å². The van der Waals surface area contributed by atoms with Crippen molar-refractivity contribution in [2.75, 3.05) is 10.6 Å². The van der Waals surface area contributed by atoms with Gasteiger partial charge in [-0.3, -0.25) is 4.79 Å². The molecule has 5 heteroatoms. The van der Waals surface area contributed by atoms with Crippen molar-refractivity contribution in [2.24, 2.45) is 5.92 Å². The van der Waals surface area contributed by atoms with Crippen molar-refractivity contribution < 1.29 is 9.59 Å². The van der Waals surface area contributed by atoms with Gasteiger partial charge in [0.25, 0.3) is 0 Å². The average Bonchev–Trinajstić information content (AvgIpc) is 3.49. The lowest BCUT2D eigenvalue weighted by atomic mass is 10.1. The van der Waals surface area contributed by atoms with Crippen molar-refractivity contribution in [2.45, 2.75) is 45.6 Å². The van der Waals surface area contributed by atoms with Crippen molar-refractivity contribution >= 4 is 23.3 Å². The van der Waals surface area contributed by atoms with Crippen molar-refractivity contribution in [3.8, 4) is 0 Å². The molecule has 0 heterocycles. The molecular formula is C22H27N3O2. The average molecular weight is 365 g/mol. The number of anilines is 2. The van der Waals surface area contributed by atoms with E-state index >= 15 is 0 Å². The highest BCUT2D eigenvalue weighted by atomic mass is 16.2. The van der Waals surface area contributed by atoms with Crippen LogP contribution >= 0.6 is 0 Å². The summed E-state index contributed by atoms with van der Waals surface area (Å²) in [5.41, 5.74) is 3.63. The molecule has 142 valence electrons. The summed E-state index contributed by atoms with van der Waals surface area (Å²) in [4.78, 5) is 24.2. The lowest BCUT2D eigenvalue weighted by molar-refractivity contribution is -0.117. The summed E-state index contributed by atoms with van der Waals surface area (Å²) in [5, 5.41) is 8.79. The van der Waals surface area contributed by atoms with Crippen molar-refractivity contribution in [1.29, 1.82) is 0 Å². The Balaban J connectivity index is 1.51. The van der Waals surface area contributed by atoms with Gasteiger partial charge in [0, 0.05) is 23.3 Å². The molecule has 1 saturated carbocycles. The van der Waals surface area contributed by atoms with E-state index in [1.54, 1.807) is 0 Å². The molecule has 0 bridgehead atoms. The first kappa shape index (κ1) is 19.0. The predicted octanol–water partition coefficient (Wildman–Crippen LogP) is 4.49. The third-order valence-electron chi connectivity index (χ3n) is 4.79. The first-order chi connectivity index (χ1) is 13.0. The summed E-state index contributed by atoms with van der Waals surface area (Å²) in [6, 6.07) is 15.6. The Morgan fingerprint density at radius 2 is 1.81 bits per heavy atom. The van der Waals surface area contributed by atoms with Crippen LogP contribution in [0.15, 0.2) is 48.5 Å². The lowest BCUT2D eigenvalue weighted by Crippen LogP contribution is -2.36. The van der Waals surface area contributed by atoms with Gasteiger partial charge in [0.1, 0.15) is 0 Å². The number of amides is 3. The molecule has 1 atom stereocenters. The third kappa shape index (κ3) is 5.84. The zero-order valence-electron chi connectivity index (χ0n) is 15.9. The fourth-order valence-electron chi connectivity index (χ4n) is 2.91. The molecule has 27 heavy (non-hydrogen) atoms. The smallest absolute Gasteiger partial charge is 0.319 e. The van der Waals surface area contributed by atoms with Gasteiger partial charge in [-0.15, -0.1) is 0 Å². The number of carbonyl (C=O) groups is 2. The number of urea groups is 1. The minimum absolute atomic E-state index is 0.0586. The van der Waals surface area contributed by atoms with E-state index in [2.05, 4.69) is 28.1 Å². The molecule has 5 nitrogen and oxygen atoms in total. The van der Waals surface area contributed by atoms with Crippen LogP contribution in [-0.2, 0) is 11.2 Å². The number of hydrogen-bond donors (Lipinski definition) is 3. The van der Waals surface area contributed by atoms with Gasteiger partial charge >= 0.3 is 6.03 Å². The van der Waals surface area contributed by atoms with E-state index < -0.39 is 0 Å². The number of rotatable bonds is 7. The third-order valence-corrected chi connectivity index (χ3v) is 4.79. The summed E-state index contributed by atoms with van der Waals surface area (Å²) in [5.74, 6) is 0.209. The van der Waals surface area contributed by atoms with Gasteiger partial charge < -0.3 is 16.0 Å². The van der Waals surface area contributed by atoms with Gasteiger partial charge in [0.05, 0.1) is 0 Å². The molecule has 3 amide bonds. The maximum atomic E-state index is 12.3. The van der Waals surface area contributed by atoms with Gasteiger partial charge in [-0.1, -0.05) is 36.4 Å². The van der Waals surface area contributed by atoms with Gasteiger partial charge in [-0.05, 0) is 62.8 Å². The number of benzene rings is 2. The van der Waals surface area contributed by atoms with Crippen LogP contribution < -0.4 is 16.0 Å². The number of carbonyl (C=O) groups excluding carboxylic acids is 2. The molecule has 0 radical (unpaired) electrons. The second-order valence-corrected chi connectivity index (χ2v) is 7.32. The summed E-state index contributed by atoms with van der Waals surface area (Å²) in [6.45, 7) is 3.93. The van der Waals surface area contributed by atoms with Gasteiger partial charge in [-0.2, -0.15) is 0 Å². The molecule has 1 unspecified atom stereocenters. The molecule has 0 saturated heterocycles. The normalized spacial score (nSPS) is 14.3. The topological polar surface area (TPSA) is 70.2 Å². The quantitative estimate of drug-likeness (QED) is 0.677. The van der Waals surface area contributed by atoms with Crippen LogP contribution in [0.5, 0.6) is 0 Å². The van der Waals surface area contributed by atoms with Crippen LogP contribution in [0.4, 0.5) is 16.2 Å². The summed E-state index contributed by atoms with van der Waals surface area (Å²) >= 11 is 0. The predicted molar refractivity (Wildman–Crippen MR) is 109 cm³/mol. The number of hydrogen-bond acceptors (Lipinski definition) is 2. The van der Waals surface area contributed by atoms with Gasteiger partial charge in [-0.25, -0.2) is 4.79 Å². The van der Waals surface area contributed by atoms with Crippen LogP contribution in [0, 0.1) is 12.8 Å². The molecule has 1 aliphatic carbocycles. The highest BCUT2D eigenvalue weighted by molar-refractivity contribution is 5.96. The number of nitrogens with one attached hydrogen (secondary N) is 3. The molecule has 0 spiro atoms. The van der Waals surface area contributed by atoms with Crippen molar-refractivity contribution in [3.63, 3.8) is 0 Å². The Morgan fingerprint density at radius 3 is 2.52 bits per heavy atom. The number of aryl methyl sites for hydroxylation is 2. The van der Waals surface area contributed by atoms with E-state index in [0.29, 0.717) is 11.4 Å². The second-order valence-electron chi connectivity index (χ2n) is 7.32. The van der Waals surface area contributed by atoms with Crippen LogP contribution in [0.25, 0.3) is 0 Å². The molecule has 0 aromatic heterocycles. The second kappa shape index (κ2) is 8.71. The monoisotopic (exact) mass is 365 g/mol. The molecule has 1 aliphatic rings. The van der Waals surface area contributed by atoms with Gasteiger partial charge in [0.2, 0.25) is 5.91 Å². The maximum Gasteiger partial charge on any atom is 0.319 e. The van der Waals surface area contributed by atoms with Crippen LogP contribution in [0.2, 0.25) is 0 Å². The molecule has 2 aromatic carbocycles. The highest BCUT2D eigenvalue weighted by Crippen LogP contribution is 2.30. The summed E-state index contributed by atoms with van der Waals surface area (Å²) < 4.78 is 0. The molecule has 2 aromatic rings. The minimum atomic E-state index is -0.232. The van der Waals surface area contributed by atoms with Crippen LogP contribution in [-0.4, -0.2) is 18.0 Å². The van der Waals surface area contributed by atoms with Gasteiger partial charge in [0.15, 0.2) is 0 Å². The SMILES string of the molecule is Cc1ccc(NC(=O)C2CC2)cc1NC(=O)NC(C)CCc1ccccc1. The molecule has 3 rings (SSSR count). The Bertz CT molecular complexity index is 800. The Hall–Kier alpha value is -2.82. The van der Waals surface area contributed by atoms with E-state index in [4.69, 9.17) is 0 Å². The van der Waals surface area contributed by atoms with Crippen molar-refractivity contribution in [1.82, 2.24) is 5.32 Å². The largest absolute Gasteiger partial charge is 0.335 e.